The average Bonchev–Trinajstić information content (AvgIpc) is 2.55. The number of hydrogen-bond donors (Lipinski definition) is 0. The van der Waals surface area contributed by atoms with Crippen LogP contribution >= 0.6 is 22.6 Å². The van der Waals surface area contributed by atoms with E-state index in [0.717, 1.165) is 3.83 Å². The maximum absolute atomic E-state index is 4.28. The summed E-state index contributed by atoms with van der Waals surface area (Å²) in [6.45, 7) is 0. The van der Waals surface area contributed by atoms with Crippen LogP contribution in [0, 0.1) is 3.83 Å². The Balaban J connectivity index is 2.15. The van der Waals surface area contributed by atoms with Gasteiger partial charge in [-0.15, -0.1) is 5.10 Å². The molecule has 1 saturated carbocycles. The van der Waals surface area contributed by atoms with Gasteiger partial charge in [0.05, 0.1) is 6.04 Å². The van der Waals surface area contributed by atoms with Crippen molar-refractivity contribution in [2.45, 2.75) is 31.7 Å². The molecule has 1 aliphatic carbocycles. The SMILES string of the molecule is Ic1ncn(C2CCCC2)n1. The highest BCUT2D eigenvalue weighted by atomic mass is 127. The number of rotatable bonds is 1. The number of nitrogens with zero attached hydrogens (tertiary/aromatic N) is 3. The highest BCUT2D eigenvalue weighted by Crippen LogP contribution is 2.28. The van der Waals surface area contributed by atoms with Gasteiger partial charge in [0, 0.05) is 22.6 Å². The minimum Gasteiger partial charge on any atom is -0.249 e. The molecule has 0 atom stereocenters. The van der Waals surface area contributed by atoms with Crippen molar-refractivity contribution in [1.29, 1.82) is 0 Å². The first-order chi connectivity index (χ1) is 5.36. The van der Waals surface area contributed by atoms with Gasteiger partial charge in [-0.05, 0) is 12.8 Å². The fourth-order valence-electron chi connectivity index (χ4n) is 1.60. The molecule has 1 heterocycles. The summed E-state index contributed by atoms with van der Waals surface area (Å²) >= 11 is 2.14. The Hall–Kier alpha value is -0.130. The maximum Gasteiger partial charge on any atom is 0.211 e. The second kappa shape index (κ2) is 3.08. The second-order valence-corrected chi connectivity index (χ2v) is 3.90. The summed E-state index contributed by atoms with van der Waals surface area (Å²) in [5, 5.41) is 4.28. The van der Waals surface area contributed by atoms with Crippen LogP contribution in [0.15, 0.2) is 6.33 Å². The summed E-state index contributed by atoms with van der Waals surface area (Å²) in [5.41, 5.74) is 0. The van der Waals surface area contributed by atoms with Crippen molar-refractivity contribution in [1.82, 2.24) is 14.8 Å². The molecule has 0 saturated heterocycles. The molecule has 4 heteroatoms. The molecule has 1 aromatic heterocycles. The van der Waals surface area contributed by atoms with E-state index in [1.807, 2.05) is 11.0 Å². The first kappa shape index (κ1) is 7.52. The lowest BCUT2D eigenvalue weighted by atomic mass is 10.3. The third-order valence-electron chi connectivity index (χ3n) is 2.18. The van der Waals surface area contributed by atoms with E-state index in [-0.39, 0.29) is 0 Å². The van der Waals surface area contributed by atoms with E-state index in [2.05, 4.69) is 32.7 Å². The lowest BCUT2D eigenvalue weighted by Crippen LogP contribution is -2.04. The van der Waals surface area contributed by atoms with E-state index in [9.17, 15) is 0 Å². The van der Waals surface area contributed by atoms with Crippen LogP contribution in [-0.2, 0) is 0 Å². The molecule has 0 unspecified atom stereocenters. The molecule has 0 bridgehead atoms. The van der Waals surface area contributed by atoms with Crippen molar-refractivity contribution in [2.75, 3.05) is 0 Å². The average molecular weight is 263 g/mol. The first-order valence-electron chi connectivity index (χ1n) is 3.93. The van der Waals surface area contributed by atoms with Crippen LogP contribution in [-0.4, -0.2) is 14.8 Å². The molecular weight excluding hydrogens is 253 g/mol. The van der Waals surface area contributed by atoms with E-state index < -0.39 is 0 Å². The lowest BCUT2D eigenvalue weighted by Gasteiger charge is -2.06. The minimum atomic E-state index is 0.631. The Morgan fingerprint density at radius 1 is 1.45 bits per heavy atom. The molecule has 60 valence electrons. The third kappa shape index (κ3) is 1.55. The summed E-state index contributed by atoms with van der Waals surface area (Å²) in [7, 11) is 0. The predicted octanol–water partition coefficient (Wildman–Crippen LogP) is 2.00. The molecule has 1 fully saturated rings. The summed E-state index contributed by atoms with van der Waals surface area (Å²) in [6, 6.07) is 0.631. The van der Waals surface area contributed by atoms with Gasteiger partial charge in [0.2, 0.25) is 3.83 Å². The fourth-order valence-corrected chi connectivity index (χ4v) is 1.97. The van der Waals surface area contributed by atoms with Gasteiger partial charge < -0.3 is 0 Å². The van der Waals surface area contributed by atoms with E-state index in [0.29, 0.717) is 6.04 Å². The van der Waals surface area contributed by atoms with Gasteiger partial charge in [-0.25, -0.2) is 9.67 Å². The van der Waals surface area contributed by atoms with Crippen molar-refractivity contribution in [3.63, 3.8) is 0 Å². The van der Waals surface area contributed by atoms with Crippen molar-refractivity contribution in [3.05, 3.63) is 10.2 Å². The molecule has 0 amide bonds. The molecule has 0 N–H and O–H groups in total. The van der Waals surface area contributed by atoms with Gasteiger partial charge in [0.15, 0.2) is 0 Å². The zero-order chi connectivity index (χ0) is 7.68. The second-order valence-electron chi connectivity index (χ2n) is 2.93. The molecular formula is C7H10IN3. The van der Waals surface area contributed by atoms with E-state index in [4.69, 9.17) is 0 Å². The standard InChI is InChI=1S/C7H10IN3/c8-7-9-5-11(10-7)6-3-1-2-4-6/h5-6H,1-4H2. The maximum atomic E-state index is 4.28. The van der Waals surface area contributed by atoms with Crippen LogP contribution in [0.4, 0.5) is 0 Å². The molecule has 0 aromatic carbocycles. The number of halogens is 1. The minimum absolute atomic E-state index is 0.631. The quantitative estimate of drug-likeness (QED) is 0.725. The van der Waals surface area contributed by atoms with Crippen LogP contribution in [0.2, 0.25) is 0 Å². The van der Waals surface area contributed by atoms with Crippen molar-refractivity contribution in [3.8, 4) is 0 Å². The summed E-state index contributed by atoms with van der Waals surface area (Å²) in [6.07, 6.45) is 7.10. The van der Waals surface area contributed by atoms with Gasteiger partial charge in [0.1, 0.15) is 6.33 Å². The van der Waals surface area contributed by atoms with Crippen LogP contribution in [0.1, 0.15) is 31.7 Å². The molecule has 2 rings (SSSR count). The zero-order valence-corrected chi connectivity index (χ0v) is 8.36. The molecule has 3 nitrogen and oxygen atoms in total. The Bertz CT molecular complexity index is 240. The summed E-state index contributed by atoms with van der Waals surface area (Å²) < 4.78 is 2.86. The number of hydrogen-bond acceptors (Lipinski definition) is 2. The topological polar surface area (TPSA) is 30.7 Å². The molecule has 0 aliphatic heterocycles. The van der Waals surface area contributed by atoms with Crippen LogP contribution in [0.5, 0.6) is 0 Å². The Kier molecular flexibility index (Phi) is 2.11. The van der Waals surface area contributed by atoms with Crippen LogP contribution in [0.3, 0.4) is 0 Å². The number of aromatic nitrogens is 3. The van der Waals surface area contributed by atoms with E-state index in [1.54, 1.807) is 0 Å². The van der Waals surface area contributed by atoms with Crippen molar-refractivity contribution >= 4 is 22.6 Å². The molecule has 0 spiro atoms. The smallest absolute Gasteiger partial charge is 0.211 e. The van der Waals surface area contributed by atoms with Gasteiger partial charge >= 0.3 is 0 Å². The Labute approximate surface area is 79.3 Å². The molecule has 11 heavy (non-hydrogen) atoms. The first-order valence-corrected chi connectivity index (χ1v) is 5.01. The van der Waals surface area contributed by atoms with Crippen LogP contribution < -0.4 is 0 Å². The normalized spacial score (nSPS) is 19.4. The molecule has 1 aliphatic rings. The summed E-state index contributed by atoms with van der Waals surface area (Å²) in [5.74, 6) is 0. The van der Waals surface area contributed by atoms with Gasteiger partial charge in [-0.1, -0.05) is 12.8 Å². The van der Waals surface area contributed by atoms with Crippen LogP contribution in [0.25, 0.3) is 0 Å². The summed E-state index contributed by atoms with van der Waals surface area (Å²) in [4.78, 5) is 4.10. The van der Waals surface area contributed by atoms with Crippen molar-refractivity contribution < 1.29 is 0 Å². The highest BCUT2D eigenvalue weighted by molar-refractivity contribution is 14.1. The van der Waals surface area contributed by atoms with E-state index >= 15 is 0 Å². The monoisotopic (exact) mass is 263 g/mol. The zero-order valence-electron chi connectivity index (χ0n) is 6.20. The highest BCUT2D eigenvalue weighted by Gasteiger charge is 2.17. The largest absolute Gasteiger partial charge is 0.249 e. The molecule has 1 aromatic rings. The lowest BCUT2D eigenvalue weighted by molar-refractivity contribution is 0.464. The Morgan fingerprint density at radius 2 is 2.18 bits per heavy atom. The fraction of sp³-hybridized carbons (Fsp3) is 0.714. The van der Waals surface area contributed by atoms with E-state index in [1.165, 1.54) is 25.7 Å². The Morgan fingerprint density at radius 3 is 2.73 bits per heavy atom. The van der Waals surface area contributed by atoms with Gasteiger partial charge in [0.25, 0.3) is 0 Å². The van der Waals surface area contributed by atoms with Crippen molar-refractivity contribution in [2.24, 2.45) is 0 Å². The predicted molar refractivity (Wildman–Crippen MR) is 50.2 cm³/mol. The van der Waals surface area contributed by atoms with Gasteiger partial charge in [-0.2, -0.15) is 0 Å². The van der Waals surface area contributed by atoms with Gasteiger partial charge in [-0.3, -0.25) is 0 Å². The molecule has 0 radical (unpaired) electrons. The third-order valence-corrected chi connectivity index (χ3v) is 2.67.